The average molecular weight is 234 g/mol. The molecule has 1 heterocycles. The van der Waals surface area contributed by atoms with Crippen LogP contribution in [0.15, 0.2) is 11.4 Å². The smallest absolute Gasteiger partial charge is 0.227 e. The third-order valence-corrected chi connectivity index (χ3v) is 3.09. The third kappa shape index (κ3) is 1.71. The van der Waals surface area contributed by atoms with Gasteiger partial charge in [-0.25, -0.2) is 18.4 Å². The van der Waals surface area contributed by atoms with E-state index in [0.717, 1.165) is 6.26 Å². The topological polar surface area (TPSA) is 59.9 Å². The molecule has 0 unspecified atom stereocenters. The number of sulfone groups is 1. The van der Waals surface area contributed by atoms with Crippen LogP contribution in [0.25, 0.3) is 0 Å². The molecule has 0 radical (unpaired) electrons. The molecule has 0 atom stereocenters. The van der Waals surface area contributed by atoms with Crippen LogP contribution < -0.4 is 0 Å². The van der Waals surface area contributed by atoms with Crippen molar-refractivity contribution in [3.8, 4) is 0 Å². The van der Waals surface area contributed by atoms with Gasteiger partial charge in [-0.15, -0.1) is 0 Å². The average Bonchev–Trinajstić information content (AvgIpc) is 2.41. The van der Waals surface area contributed by atoms with E-state index in [1.165, 1.54) is 6.20 Å². The lowest BCUT2D eigenvalue weighted by Crippen LogP contribution is -2.13. The molecule has 2 rings (SSSR count). The number of hydrogen-bond acceptors (Lipinski definition) is 4. The van der Waals surface area contributed by atoms with Gasteiger partial charge in [0.2, 0.25) is 15.0 Å². The van der Waals surface area contributed by atoms with Gasteiger partial charge < -0.3 is 0 Å². The van der Waals surface area contributed by atoms with Crippen molar-refractivity contribution in [1.82, 2.24) is 9.97 Å². The van der Waals surface area contributed by atoms with Crippen molar-refractivity contribution in [2.75, 3.05) is 6.26 Å². The Morgan fingerprint density at radius 1 is 1.47 bits per heavy atom. The number of halogens is 2. The zero-order chi connectivity index (χ0) is 11.3. The summed E-state index contributed by atoms with van der Waals surface area (Å²) in [6, 6.07) is 0. The fourth-order valence-corrected chi connectivity index (χ4v) is 1.98. The van der Waals surface area contributed by atoms with Gasteiger partial charge >= 0.3 is 0 Å². The number of aromatic nitrogens is 2. The van der Waals surface area contributed by atoms with Crippen molar-refractivity contribution in [2.24, 2.45) is 0 Å². The standard InChI is InChI=1S/C8H8F2N2O2S/c1-15(13,14)7-11-4-5-2-3-8(9,10)6(5)12-7/h4H,2-3H2,1H3. The Kier molecular flexibility index (Phi) is 2.04. The quantitative estimate of drug-likeness (QED) is 0.678. The Balaban J connectivity index is 2.61. The van der Waals surface area contributed by atoms with Crippen LogP contribution >= 0.6 is 0 Å². The Labute approximate surface area is 85.3 Å². The molecule has 1 aromatic heterocycles. The maximum Gasteiger partial charge on any atom is 0.290 e. The van der Waals surface area contributed by atoms with Crippen LogP contribution in [0.4, 0.5) is 8.78 Å². The minimum Gasteiger partial charge on any atom is -0.227 e. The fraction of sp³-hybridized carbons (Fsp3) is 0.500. The van der Waals surface area contributed by atoms with E-state index in [0.29, 0.717) is 5.56 Å². The lowest BCUT2D eigenvalue weighted by Gasteiger charge is -2.08. The van der Waals surface area contributed by atoms with Crippen LogP contribution in [-0.4, -0.2) is 24.6 Å². The predicted molar refractivity (Wildman–Crippen MR) is 47.4 cm³/mol. The number of nitrogens with zero attached hydrogens (tertiary/aromatic N) is 2. The Hall–Kier alpha value is -1.11. The van der Waals surface area contributed by atoms with Crippen LogP contribution in [-0.2, 0) is 22.2 Å². The van der Waals surface area contributed by atoms with E-state index in [9.17, 15) is 17.2 Å². The van der Waals surface area contributed by atoms with Crippen LogP contribution in [0.1, 0.15) is 17.7 Å². The molecule has 0 saturated heterocycles. The first kappa shape index (κ1) is 10.4. The monoisotopic (exact) mass is 234 g/mol. The normalized spacial score (nSPS) is 18.9. The molecule has 0 saturated carbocycles. The van der Waals surface area contributed by atoms with Gasteiger partial charge in [-0.2, -0.15) is 8.78 Å². The number of fused-ring (bicyclic) bond motifs is 1. The molecule has 0 fully saturated rings. The molecule has 4 nitrogen and oxygen atoms in total. The summed E-state index contributed by atoms with van der Waals surface area (Å²) in [7, 11) is -3.63. The third-order valence-electron chi connectivity index (χ3n) is 2.23. The minimum absolute atomic E-state index is 0.187. The van der Waals surface area contributed by atoms with Crippen LogP contribution in [0.3, 0.4) is 0 Å². The first-order valence-corrected chi connectivity index (χ1v) is 6.14. The van der Waals surface area contributed by atoms with Crippen LogP contribution in [0.2, 0.25) is 0 Å². The predicted octanol–water partition coefficient (Wildman–Crippen LogP) is 0.918. The fourth-order valence-electron chi connectivity index (χ4n) is 1.48. The second-order valence-corrected chi connectivity index (χ2v) is 5.41. The number of rotatable bonds is 1. The van der Waals surface area contributed by atoms with Crippen molar-refractivity contribution in [3.05, 3.63) is 17.5 Å². The second-order valence-electron chi connectivity index (χ2n) is 3.50. The summed E-state index contributed by atoms with van der Waals surface area (Å²) in [4.78, 5) is 6.98. The molecule has 1 aliphatic rings. The minimum atomic E-state index is -3.63. The van der Waals surface area contributed by atoms with Gasteiger partial charge in [0.1, 0.15) is 5.69 Å². The van der Waals surface area contributed by atoms with E-state index in [1.807, 2.05) is 0 Å². The molecular formula is C8H8F2N2O2S. The molecule has 0 N–H and O–H groups in total. The van der Waals surface area contributed by atoms with E-state index in [4.69, 9.17) is 0 Å². The Morgan fingerprint density at radius 2 is 2.13 bits per heavy atom. The van der Waals surface area contributed by atoms with Gasteiger partial charge in [-0.3, -0.25) is 0 Å². The molecule has 82 valence electrons. The van der Waals surface area contributed by atoms with E-state index < -0.39 is 26.6 Å². The Bertz CT molecular complexity index is 513. The van der Waals surface area contributed by atoms with Gasteiger partial charge in [-0.05, 0) is 12.0 Å². The highest BCUT2D eigenvalue weighted by atomic mass is 32.2. The summed E-state index contributed by atoms with van der Waals surface area (Å²) in [5.74, 6) is -3.03. The van der Waals surface area contributed by atoms with Crippen LogP contribution in [0, 0.1) is 0 Å². The van der Waals surface area contributed by atoms with Gasteiger partial charge in [0.25, 0.3) is 5.92 Å². The van der Waals surface area contributed by atoms with E-state index >= 15 is 0 Å². The van der Waals surface area contributed by atoms with E-state index in [1.54, 1.807) is 0 Å². The largest absolute Gasteiger partial charge is 0.290 e. The summed E-state index contributed by atoms with van der Waals surface area (Å²) in [6.07, 6.45) is 1.91. The van der Waals surface area contributed by atoms with Crippen molar-refractivity contribution in [3.63, 3.8) is 0 Å². The molecule has 0 amide bonds. The summed E-state index contributed by atoms with van der Waals surface area (Å²) < 4.78 is 48.6. The van der Waals surface area contributed by atoms with Crippen molar-refractivity contribution in [1.29, 1.82) is 0 Å². The summed E-state index contributed by atoms with van der Waals surface area (Å²) in [5, 5.41) is -0.539. The molecule has 0 aromatic carbocycles. The zero-order valence-electron chi connectivity index (χ0n) is 7.87. The van der Waals surface area contributed by atoms with E-state index in [2.05, 4.69) is 9.97 Å². The number of alkyl halides is 2. The van der Waals surface area contributed by atoms with Crippen molar-refractivity contribution in [2.45, 2.75) is 23.9 Å². The number of aryl methyl sites for hydroxylation is 1. The van der Waals surface area contributed by atoms with Gasteiger partial charge in [0, 0.05) is 18.9 Å². The van der Waals surface area contributed by atoms with Crippen molar-refractivity contribution >= 4 is 9.84 Å². The molecule has 0 aliphatic heterocycles. The van der Waals surface area contributed by atoms with Gasteiger partial charge in [-0.1, -0.05) is 0 Å². The molecule has 1 aromatic rings. The first-order valence-electron chi connectivity index (χ1n) is 4.25. The highest BCUT2D eigenvalue weighted by Crippen LogP contribution is 2.39. The molecule has 0 spiro atoms. The van der Waals surface area contributed by atoms with Gasteiger partial charge in [0.15, 0.2) is 0 Å². The molecular weight excluding hydrogens is 226 g/mol. The molecule has 1 aliphatic carbocycles. The summed E-state index contributed by atoms with van der Waals surface area (Å²) in [5.41, 5.74) is -0.120. The van der Waals surface area contributed by atoms with Crippen LogP contribution in [0.5, 0.6) is 0 Å². The van der Waals surface area contributed by atoms with Gasteiger partial charge in [0.05, 0.1) is 0 Å². The molecule has 7 heteroatoms. The lowest BCUT2D eigenvalue weighted by atomic mass is 10.3. The highest BCUT2D eigenvalue weighted by molar-refractivity contribution is 7.90. The van der Waals surface area contributed by atoms with E-state index in [-0.39, 0.29) is 12.8 Å². The number of hydrogen-bond donors (Lipinski definition) is 0. The zero-order valence-corrected chi connectivity index (χ0v) is 8.68. The maximum atomic E-state index is 13.2. The lowest BCUT2D eigenvalue weighted by molar-refractivity contribution is -0.00653. The SMILES string of the molecule is CS(=O)(=O)c1ncc2c(n1)C(F)(F)CC2. The van der Waals surface area contributed by atoms with Crippen molar-refractivity contribution < 1.29 is 17.2 Å². The summed E-state index contributed by atoms with van der Waals surface area (Å²) in [6.45, 7) is 0. The highest BCUT2D eigenvalue weighted by Gasteiger charge is 2.41. The first-order chi connectivity index (χ1) is 6.81. The molecule has 0 bridgehead atoms. The molecule has 15 heavy (non-hydrogen) atoms. The summed E-state index contributed by atoms with van der Waals surface area (Å²) >= 11 is 0. The maximum absolute atomic E-state index is 13.2. The Morgan fingerprint density at radius 3 is 2.73 bits per heavy atom. The second kappa shape index (κ2) is 2.94.